The zero-order valence-electron chi connectivity index (χ0n) is 15.5. The molecule has 0 aliphatic carbocycles. The van der Waals surface area contributed by atoms with Crippen LogP contribution in [0.1, 0.15) is 35.3 Å². The molecule has 1 N–H and O–H groups in total. The fourth-order valence-electron chi connectivity index (χ4n) is 2.79. The molecule has 1 heterocycles. The van der Waals surface area contributed by atoms with E-state index < -0.39 is 5.60 Å². The predicted molar refractivity (Wildman–Crippen MR) is 106 cm³/mol. The molecule has 0 saturated carbocycles. The Morgan fingerprint density at radius 1 is 1.12 bits per heavy atom. The summed E-state index contributed by atoms with van der Waals surface area (Å²) in [7, 11) is 3.96. The molecule has 0 aromatic heterocycles. The van der Waals surface area contributed by atoms with Crippen LogP contribution >= 0.6 is 0 Å². The smallest absolute Gasteiger partial charge is 0.189 e. The van der Waals surface area contributed by atoms with Crippen LogP contribution in [0.2, 0.25) is 0 Å². The van der Waals surface area contributed by atoms with E-state index in [0.717, 1.165) is 11.3 Å². The largest absolute Gasteiger partial charge is 0.506 e. The summed E-state index contributed by atoms with van der Waals surface area (Å²) < 4.78 is 5.81. The lowest BCUT2D eigenvalue weighted by Gasteiger charge is -2.28. The van der Waals surface area contributed by atoms with Crippen molar-refractivity contribution in [2.45, 2.75) is 19.4 Å². The van der Waals surface area contributed by atoms with Gasteiger partial charge in [-0.1, -0.05) is 18.2 Å². The summed E-state index contributed by atoms with van der Waals surface area (Å²) in [5.41, 5.74) is 2.39. The van der Waals surface area contributed by atoms with Crippen LogP contribution in [0.5, 0.6) is 11.5 Å². The number of fused-ring (bicyclic) bond motifs is 1. The van der Waals surface area contributed by atoms with Crippen LogP contribution in [0.4, 0.5) is 5.69 Å². The molecular formula is C22H23NO3. The highest BCUT2D eigenvalue weighted by molar-refractivity contribution is 6.09. The normalized spacial score (nSPS) is 14.8. The van der Waals surface area contributed by atoms with Gasteiger partial charge in [0.2, 0.25) is 0 Å². The summed E-state index contributed by atoms with van der Waals surface area (Å²) in [6.45, 7) is 3.87. The van der Waals surface area contributed by atoms with Gasteiger partial charge in [0.1, 0.15) is 17.1 Å². The van der Waals surface area contributed by atoms with Gasteiger partial charge in [0, 0.05) is 19.8 Å². The van der Waals surface area contributed by atoms with Crippen LogP contribution in [-0.2, 0) is 0 Å². The maximum Gasteiger partial charge on any atom is 0.189 e. The van der Waals surface area contributed by atoms with Crippen LogP contribution in [0, 0.1) is 0 Å². The first-order valence-electron chi connectivity index (χ1n) is 8.51. The highest BCUT2D eigenvalue weighted by Gasteiger charge is 2.25. The first-order chi connectivity index (χ1) is 12.3. The second-order valence-corrected chi connectivity index (χ2v) is 7.10. The van der Waals surface area contributed by atoms with E-state index in [0.29, 0.717) is 11.3 Å². The standard InChI is InChI=1S/C22H23NO3/c1-22(2)14-13-18-20(26-22)12-10-17(21(18)25)19(24)11-7-15-5-8-16(9-6-15)23(3)4/h5-14,25H,1-4H3/b11-7+. The number of phenols is 1. The molecule has 0 atom stereocenters. The number of rotatable bonds is 4. The fraction of sp³-hybridized carbons (Fsp3) is 0.227. The number of ether oxygens (including phenoxy) is 1. The number of hydrogen-bond donors (Lipinski definition) is 1. The summed E-state index contributed by atoms with van der Waals surface area (Å²) in [6, 6.07) is 11.2. The molecule has 0 bridgehead atoms. The third kappa shape index (κ3) is 3.64. The molecule has 0 unspecified atom stereocenters. The van der Waals surface area contributed by atoms with Crippen molar-refractivity contribution >= 4 is 23.6 Å². The highest BCUT2D eigenvalue weighted by atomic mass is 16.5. The number of nitrogens with zero attached hydrogens (tertiary/aromatic N) is 1. The molecule has 134 valence electrons. The van der Waals surface area contributed by atoms with E-state index in [9.17, 15) is 9.90 Å². The Morgan fingerprint density at radius 3 is 2.46 bits per heavy atom. The molecule has 2 aromatic carbocycles. The van der Waals surface area contributed by atoms with Crippen molar-refractivity contribution in [1.29, 1.82) is 0 Å². The number of hydrogen-bond acceptors (Lipinski definition) is 4. The Morgan fingerprint density at radius 2 is 1.81 bits per heavy atom. The summed E-state index contributed by atoms with van der Waals surface area (Å²) >= 11 is 0. The van der Waals surface area contributed by atoms with E-state index in [4.69, 9.17) is 4.74 Å². The van der Waals surface area contributed by atoms with Gasteiger partial charge in [-0.3, -0.25) is 4.79 Å². The summed E-state index contributed by atoms with van der Waals surface area (Å²) in [5.74, 6) is 0.280. The number of anilines is 1. The fourth-order valence-corrected chi connectivity index (χ4v) is 2.79. The van der Waals surface area contributed by atoms with Gasteiger partial charge in [0.25, 0.3) is 0 Å². The minimum absolute atomic E-state index is 0.0492. The minimum atomic E-state index is -0.427. The minimum Gasteiger partial charge on any atom is -0.506 e. The molecule has 0 fully saturated rings. The third-order valence-electron chi connectivity index (χ3n) is 4.30. The van der Waals surface area contributed by atoms with Gasteiger partial charge in [-0.15, -0.1) is 0 Å². The zero-order valence-corrected chi connectivity index (χ0v) is 15.5. The van der Waals surface area contributed by atoms with Crippen LogP contribution in [0.15, 0.2) is 48.6 Å². The van der Waals surface area contributed by atoms with Crippen molar-refractivity contribution in [3.05, 3.63) is 65.2 Å². The molecule has 1 aliphatic rings. The molecule has 0 amide bonds. The molecular weight excluding hydrogens is 326 g/mol. The van der Waals surface area contributed by atoms with Gasteiger partial charge in [-0.2, -0.15) is 0 Å². The number of carbonyl (C=O) groups is 1. The summed E-state index contributed by atoms with van der Waals surface area (Å²) in [6.07, 6.45) is 6.89. The van der Waals surface area contributed by atoms with E-state index in [2.05, 4.69) is 0 Å². The highest BCUT2D eigenvalue weighted by Crippen LogP contribution is 2.38. The predicted octanol–water partition coefficient (Wildman–Crippen LogP) is 4.54. The van der Waals surface area contributed by atoms with Gasteiger partial charge in [0.15, 0.2) is 5.78 Å². The molecule has 3 rings (SSSR count). The second-order valence-electron chi connectivity index (χ2n) is 7.10. The van der Waals surface area contributed by atoms with Crippen molar-refractivity contribution in [2.24, 2.45) is 0 Å². The monoisotopic (exact) mass is 349 g/mol. The number of allylic oxidation sites excluding steroid dienone is 1. The molecule has 26 heavy (non-hydrogen) atoms. The van der Waals surface area contributed by atoms with Gasteiger partial charge < -0.3 is 14.7 Å². The third-order valence-corrected chi connectivity index (χ3v) is 4.30. The molecule has 0 spiro atoms. The quantitative estimate of drug-likeness (QED) is 0.650. The van der Waals surface area contributed by atoms with Gasteiger partial charge in [-0.25, -0.2) is 0 Å². The van der Waals surface area contributed by atoms with E-state index in [-0.39, 0.29) is 17.1 Å². The summed E-state index contributed by atoms with van der Waals surface area (Å²) in [5, 5.41) is 10.5. The van der Waals surface area contributed by atoms with E-state index in [1.807, 2.05) is 63.2 Å². The molecule has 2 aromatic rings. The van der Waals surface area contributed by atoms with Gasteiger partial charge in [0.05, 0.1) is 11.1 Å². The Labute approximate surface area is 154 Å². The lowest BCUT2D eigenvalue weighted by atomic mass is 9.98. The number of aromatic hydroxyl groups is 1. The van der Waals surface area contributed by atoms with Crippen molar-refractivity contribution in [1.82, 2.24) is 0 Å². The number of benzene rings is 2. The maximum atomic E-state index is 12.5. The van der Waals surface area contributed by atoms with Crippen LogP contribution < -0.4 is 9.64 Å². The SMILES string of the molecule is CN(C)c1ccc(/C=C/C(=O)c2ccc3c(c2O)C=CC(C)(C)O3)cc1. The lowest BCUT2D eigenvalue weighted by Crippen LogP contribution is -2.27. The van der Waals surface area contributed by atoms with Crippen molar-refractivity contribution < 1.29 is 14.6 Å². The zero-order chi connectivity index (χ0) is 18.9. The number of phenolic OH excluding ortho intramolecular Hbond substituents is 1. The van der Waals surface area contributed by atoms with E-state index in [1.165, 1.54) is 6.08 Å². The Kier molecular flexibility index (Phi) is 4.60. The lowest BCUT2D eigenvalue weighted by molar-refractivity contribution is 0.104. The molecule has 4 heteroatoms. The van der Waals surface area contributed by atoms with E-state index in [1.54, 1.807) is 24.3 Å². The van der Waals surface area contributed by atoms with Gasteiger partial charge >= 0.3 is 0 Å². The Bertz CT molecular complexity index is 890. The number of carbonyl (C=O) groups excluding carboxylic acids is 1. The first kappa shape index (κ1) is 17.8. The van der Waals surface area contributed by atoms with Crippen molar-refractivity contribution in [3.8, 4) is 11.5 Å². The molecule has 0 saturated heterocycles. The first-order valence-corrected chi connectivity index (χ1v) is 8.51. The Hall–Kier alpha value is -3.01. The summed E-state index contributed by atoms with van der Waals surface area (Å²) in [4.78, 5) is 14.5. The van der Waals surface area contributed by atoms with Gasteiger partial charge in [-0.05, 0) is 61.9 Å². The Balaban J connectivity index is 1.82. The van der Waals surface area contributed by atoms with E-state index >= 15 is 0 Å². The average Bonchev–Trinajstić information content (AvgIpc) is 2.59. The molecule has 4 nitrogen and oxygen atoms in total. The average molecular weight is 349 g/mol. The topological polar surface area (TPSA) is 49.8 Å². The second kappa shape index (κ2) is 6.71. The van der Waals surface area contributed by atoms with Crippen LogP contribution in [-0.4, -0.2) is 30.6 Å². The van der Waals surface area contributed by atoms with Crippen LogP contribution in [0.25, 0.3) is 12.2 Å². The molecule has 0 radical (unpaired) electrons. The van der Waals surface area contributed by atoms with Crippen molar-refractivity contribution in [2.75, 3.05) is 19.0 Å². The maximum absolute atomic E-state index is 12.5. The van der Waals surface area contributed by atoms with Crippen molar-refractivity contribution in [3.63, 3.8) is 0 Å². The molecule has 1 aliphatic heterocycles. The number of ketones is 1. The van der Waals surface area contributed by atoms with Crippen LogP contribution in [0.3, 0.4) is 0 Å².